The summed E-state index contributed by atoms with van der Waals surface area (Å²) in [5, 5.41) is 13.6. The molecule has 2 amide bonds. The Morgan fingerprint density at radius 3 is 2.20 bits per heavy atom. The van der Waals surface area contributed by atoms with Crippen molar-refractivity contribution in [2.75, 3.05) is 32.5 Å². The van der Waals surface area contributed by atoms with Crippen molar-refractivity contribution in [2.24, 2.45) is 0 Å². The van der Waals surface area contributed by atoms with E-state index < -0.39 is 28.9 Å². The number of carboxylic acid groups (broad SMARTS) is 1. The van der Waals surface area contributed by atoms with Crippen molar-refractivity contribution in [3.05, 3.63) is 29.3 Å². The molecule has 0 heterocycles. The third-order valence-corrected chi connectivity index (χ3v) is 2.40. The van der Waals surface area contributed by atoms with Gasteiger partial charge in [0.25, 0.3) is 0 Å². The molecule has 110 valence electrons. The van der Waals surface area contributed by atoms with Crippen LogP contribution in [0.25, 0.3) is 0 Å². The van der Waals surface area contributed by atoms with Crippen LogP contribution in [-0.4, -0.2) is 49.2 Å². The summed E-state index contributed by atoms with van der Waals surface area (Å²) in [6.07, 6.45) is 0. The molecule has 1 aromatic carbocycles. The second kappa shape index (κ2) is 6.69. The number of nitrogens with zero attached hydrogens (tertiary/aromatic N) is 1. The van der Waals surface area contributed by atoms with Crippen LogP contribution in [0.3, 0.4) is 0 Å². The van der Waals surface area contributed by atoms with Crippen LogP contribution in [0.4, 0.5) is 19.3 Å². The van der Waals surface area contributed by atoms with Crippen LogP contribution in [-0.2, 0) is 0 Å². The molecule has 8 heteroatoms. The summed E-state index contributed by atoms with van der Waals surface area (Å²) in [5.41, 5.74) is -0.888. The summed E-state index contributed by atoms with van der Waals surface area (Å²) in [4.78, 5) is 23.1. The number of urea groups is 1. The molecule has 6 nitrogen and oxygen atoms in total. The van der Waals surface area contributed by atoms with Gasteiger partial charge in [0, 0.05) is 27.2 Å². The predicted molar refractivity (Wildman–Crippen MR) is 68.9 cm³/mol. The number of amides is 2. The lowest BCUT2D eigenvalue weighted by molar-refractivity contribution is 0.0695. The van der Waals surface area contributed by atoms with Gasteiger partial charge in [-0.25, -0.2) is 18.4 Å². The van der Waals surface area contributed by atoms with Crippen molar-refractivity contribution in [1.82, 2.24) is 10.2 Å². The molecule has 0 saturated carbocycles. The molecule has 20 heavy (non-hydrogen) atoms. The van der Waals surface area contributed by atoms with Gasteiger partial charge in [-0.3, -0.25) is 0 Å². The second-order valence-electron chi connectivity index (χ2n) is 4.17. The highest BCUT2D eigenvalue weighted by Crippen LogP contribution is 2.20. The number of aromatic carboxylic acids is 1. The average molecular weight is 287 g/mol. The Balaban J connectivity index is 2.61. The topological polar surface area (TPSA) is 81.7 Å². The summed E-state index contributed by atoms with van der Waals surface area (Å²) < 4.78 is 27.0. The molecule has 0 atom stereocenters. The number of benzene rings is 1. The van der Waals surface area contributed by atoms with Gasteiger partial charge in [0.05, 0.1) is 5.56 Å². The van der Waals surface area contributed by atoms with Gasteiger partial charge in [0.1, 0.15) is 17.3 Å². The van der Waals surface area contributed by atoms with Crippen LogP contribution in [0.1, 0.15) is 10.4 Å². The molecule has 3 N–H and O–H groups in total. The summed E-state index contributed by atoms with van der Waals surface area (Å²) in [6.45, 7) is 0.260. The lowest BCUT2D eigenvalue weighted by Gasteiger charge is -2.13. The van der Waals surface area contributed by atoms with E-state index in [4.69, 9.17) is 5.11 Å². The Kier molecular flexibility index (Phi) is 5.24. The van der Waals surface area contributed by atoms with E-state index >= 15 is 0 Å². The first-order valence-electron chi connectivity index (χ1n) is 5.74. The molecule has 0 aromatic heterocycles. The highest BCUT2D eigenvalue weighted by atomic mass is 19.1. The maximum Gasteiger partial charge on any atom is 0.335 e. The monoisotopic (exact) mass is 287 g/mol. The number of anilines is 1. The van der Waals surface area contributed by atoms with Crippen molar-refractivity contribution in [3.8, 4) is 0 Å². The number of carboxylic acids is 1. The Morgan fingerprint density at radius 1 is 1.20 bits per heavy atom. The molecule has 1 aromatic rings. The van der Waals surface area contributed by atoms with Crippen LogP contribution in [0, 0.1) is 11.6 Å². The number of halogens is 2. The van der Waals surface area contributed by atoms with E-state index in [0.717, 1.165) is 12.1 Å². The fourth-order valence-corrected chi connectivity index (χ4v) is 1.38. The summed E-state index contributed by atoms with van der Waals surface area (Å²) in [5.74, 6) is -3.41. The lowest BCUT2D eigenvalue weighted by Crippen LogP contribution is -2.37. The Labute approximate surface area is 114 Å². The first kappa shape index (κ1) is 15.7. The van der Waals surface area contributed by atoms with Crippen molar-refractivity contribution in [2.45, 2.75) is 0 Å². The van der Waals surface area contributed by atoms with E-state index in [1.165, 1.54) is 4.90 Å². The van der Waals surface area contributed by atoms with Gasteiger partial charge in [-0.2, -0.15) is 0 Å². The minimum atomic E-state index is -1.41. The van der Waals surface area contributed by atoms with E-state index in [1.54, 1.807) is 14.1 Å². The molecule has 0 aliphatic heterocycles. The molecule has 0 unspecified atom stereocenters. The van der Waals surface area contributed by atoms with Crippen molar-refractivity contribution in [1.29, 1.82) is 0 Å². The molecule has 0 fully saturated rings. The third-order valence-electron chi connectivity index (χ3n) is 2.40. The zero-order chi connectivity index (χ0) is 15.3. The zero-order valence-corrected chi connectivity index (χ0v) is 11.0. The highest BCUT2D eigenvalue weighted by Gasteiger charge is 2.14. The highest BCUT2D eigenvalue weighted by molar-refractivity contribution is 5.88. The molecule has 0 saturated heterocycles. The smallest absolute Gasteiger partial charge is 0.335 e. The van der Waals surface area contributed by atoms with Crippen LogP contribution in [0.5, 0.6) is 0 Å². The Bertz CT molecular complexity index is 498. The number of hydrogen-bond acceptors (Lipinski definition) is 3. The number of carbonyl (C=O) groups is 2. The minimum Gasteiger partial charge on any atom is -0.478 e. The van der Waals surface area contributed by atoms with Gasteiger partial charge >= 0.3 is 12.0 Å². The zero-order valence-electron chi connectivity index (χ0n) is 11.0. The van der Waals surface area contributed by atoms with Crippen LogP contribution >= 0.6 is 0 Å². The molecule has 0 aliphatic carbocycles. The maximum absolute atomic E-state index is 13.5. The molecular weight excluding hydrogens is 272 g/mol. The van der Waals surface area contributed by atoms with Crippen LogP contribution < -0.4 is 10.6 Å². The predicted octanol–water partition coefficient (Wildman–Crippen LogP) is 1.35. The van der Waals surface area contributed by atoms with E-state index in [-0.39, 0.29) is 19.1 Å². The van der Waals surface area contributed by atoms with E-state index in [2.05, 4.69) is 10.6 Å². The lowest BCUT2D eigenvalue weighted by atomic mass is 10.2. The number of rotatable bonds is 5. The molecule has 0 spiro atoms. The molecule has 0 radical (unpaired) electrons. The van der Waals surface area contributed by atoms with E-state index in [1.807, 2.05) is 0 Å². The molecular formula is C12H15F2N3O3. The fraction of sp³-hybridized carbons (Fsp3) is 0.333. The van der Waals surface area contributed by atoms with E-state index in [9.17, 15) is 18.4 Å². The largest absolute Gasteiger partial charge is 0.478 e. The number of hydrogen-bond donors (Lipinski definition) is 3. The van der Waals surface area contributed by atoms with Crippen molar-refractivity contribution < 1.29 is 23.5 Å². The summed E-state index contributed by atoms with van der Waals surface area (Å²) in [6, 6.07) is 1.13. The number of nitrogens with one attached hydrogen (secondary N) is 2. The van der Waals surface area contributed by atoms with Crippen LogP contribution in [0.15, 0.2) is 12.1 Å². The van der Waals surface area contributed by atoms with Gasteiger partial charge in [-0.15, -0.1) is 0 Å². The van der Waals surface area contributed by atoms with Crippen molar-refractivity contribution >= 4 is 17.7 Å². The summed E-state index contributed by atoms with van der Waals surface area (Å²) >= 11 is 0. The standard InChI is InChI=1S/C12H15F2N3O3/c1-17(2)12(20)16-4-3-15-10-8(13)5-7(11(18)19)6-9(10)14/h5-6,15H,3-4H2,1-2H3,(H,16,20)(H,18,19). The molecule has 0 aliphatic rings. The Hall–Kier alpha value is -2.38. The molecule has 0 bridgehead atoms. The normalized spacial score (nSPS) is 10.0. The SMILES string of the molecule is CN(C)C(=O)NCCNc1c(F)cc(C(=O)O)cc1F. The average Bonchev–Trinajstić information content (AvgIpc) is 2.36. The van der Waals surface area contributed by atoms with Gasteiger partial charge in [-0.05, 0) is 12.1 Å². The van der Waals surface area contributed by atoms with E-state index in [0.29, 0.717) is 0 Å². The van der Waals surface area contributed by atoms with Crippen molar-refractivity contribution in [3.63, 3.8) is 0 Å². The maximum atomic E-state index is 13.5. The van der Waals surface area contributed by atoms with Gasteiger partial charge < -0.3 is 20.6 Å². The summed E-state index contributed by atoms with van der Waals surface area (Å²) in [7, 11) is 3.12. The first-order valence-corrected chi connectivity index (χ1v) is 5.74. The third kappa shape index (κ3) is 4.08. The Morgan fingerprint density at radius 2 is 1.75 bits per heavy atom. The minimum absolute atomic E-state index is 0.0971. The van der Waals surface area contributed by atoms with Crippen LogP contribution in [0.2, 0.25) is 0 Å². The first-order chi connectivity index (χ1) is 9.32. The number of carbonyl (C=O) groups excluding carboxylic acids is 1. The fourth-order valence-electron chi connectivity index (χ4n) is 1.38. The van der Waals surface area contributed by atoms with Gasteiger partial charge in [0.15, 0.2) is 0 Å². The molecule has 1 rings (SSSR count). The quantitative estimate of drug-likeness (QED) is 0.714. The van der Waals surface area contributed by atoms with Gasteiger partial charge in [0.2, 0.25) is 0 Å². The van der Waals surface area contributed by atoms with Gasteiger partial charge in [-0.1, -0.05) is 0 Å². The second-order valence-corrected chi connectivity index (χ2v) is 4.17.